The molecule has 2 heterocycles. The van der Waals surface area contributed by atoms with E-state index in [0.29, 0.717) is 23.6 Å². The van der Waals surface area contributed by atoms with Gasteiger partial charge in [-0.25, -0.2) is 9.48 Å². The second-order valence-electron chi connectivity index (χ2n) is 7.32. The minimum atomic E-state index is -0.902. The number of carbonyl (C=O) groups is 2. The number of carboxylic acids is 1. The van der Waals surface area contributed by atoms with Crippen molar-refractivity contribution < 1.29 is 14.7 Å². The molecule has 26 heavy (non-hydrogen) atoms. The molecule has 136 valence electrons. The van der Waals surface area contributed by atoms with Crippen molar-refractivity contribution in [2.24, 2.45) is 5.92 Å². The molecule has 0 spiro atoms. The molecule has 1 saturated carbocycles. The zero-order chi connectivity index (χ0) is 18.3. The number of carboxylic acid groups (broad SMARTS) is 1. The van der Waals surface area contributed by atoms with Gasteiger partial charge in [-0.15, -0.1) is 0 Å². The normalized spacial score (nSPS) is 25.1. The third-order valence-corrected chi connectivity index (χ3v) is 5.76. The summed E-state index contributed by atoms with van der Waals surface area (Å²) in [5.41, 5.74) is 2.00. The maximum atomic E-state index is 13.3. The van der Waals surface area contributed by atoms with E-state index in [1.807, 2.05) is 30.3 Å². The Balaban J connectivity index is 1.68. The van der Waals surface area contributed by atoms with Gasteiger partial charge in [0, 0.05) is 12.2 Å². The number of aliphatic carboxylic acids is 1. The molecule has 1 amide bonds. The third kappa shape index (κ3) is 2.79. The van der Waals surface area contributed by atoms with Crippen LogP contribution in [-0.2, 0) is 4.79 Å². The van der Waals surface area contributed by atoms with E-state index in [0.717, 1.165) is 31.4 Å². The highest BCUT2D eigenvalue weighted by atomic mass is 16.4. The summed E-state index contributed by atoms with van der Waals surface area (Å²) in [6, 6.07) is 8.92. The van der Waals surface area contributed by atoms with Gasteiger partial charge < -0.3 is 10.0 Å². The molecule has 3 unspecified atom stereocenters. The number of hydrogen-bond donors (Lipinski definition) is 1. The number of para-hydroxylation sites is 1. The van der Waals surface area contributed by atoms with Gasteiger partial charge in [-0.05, 0) is 44.2 Å². The monoisotopic (exact) mass is 353 g/mol. The van der Waals surface area contributed by atoms with Crippen molar-refractivity contribution in [3.05, 3.63) is 47.8 Å². The number of rotatable bonds is 3. The fraction of sp³-hybridized carbons (Fsp3) is 0.450. The fourth-order valence-electron chi connectivity index (χ4n) is 4.49. The zero-order valence-electron chi connectivity index (χ0n) is 14.8. The van der Waals surface area contributed by atoms with Gasteiger partial charge in [0.15, 0.2) is 0 Å². The first-order valence-corrected chi connectivity index (χ1v) is 9.23. The highest BCUT2D eigenvalue weighted by Crippen LogP contribution is 2.40. The summed E-state index contributed by atoms with van der Waals surface area (Å²) in [6.07, 6.45) is 6.38. The van der Waals surface area contributed by atoms with Gasteiger partial charge in [-0.1, -0.05) is 31.0 Å². The van der Waals surface area contributed by atoms with E-state index in [-0.39, 0.29) is 11.9 Å². The zero-order valence-corrected chi connectivity index (χ0v) is 14.8. The molecule has 0 radical (unpaired) electrons. The maximum absolute atomic E-state index is 13.3. The smallest absolute Gasteiger partial charge is 0.326 e. The van der Waals surface area contributed by atoms with E-state index in [4.69, 9.17) is 0 Å². The SMILES string of the molecule is Cc1nn(-c2ccccc2)cc1C(=O)N1C(C(=O)O)CC2CCCCC21. The Morgan fingerprint density at radius 1 is 1.15 bits per heavy atom. The molecule has 1 aromatic carbocycles. The second kappa shape index (κ2) is 6.59. The van der Waals surface area contributed by atoms with Gasteiger partial charge in [0.05, 0.1) is 16.9 Å². The van der Waals surface area contributed by atoms with Crippen molar-refractivity contribution in [3.8, 4) is 5.69 Å². The van der Waals surface area contributed by atoms with Crippen LogP contribution in [0, 0.1) is 12.8 Å². The van der Waals surface area contributed by atoms with Crippen LogP contribution in [0.5, 0.6) is 0 Å². The van der Waals surface area contributed by atoms with Crippen LogP contribution in [-0.4, -0.2) is 43.7 Å². The number of hydrogen-bond acceptors (Lipinski definition) is 3. The molecule has 2 fully saturated rings. The Labute approximate surface area is 152 Å². The molecule has 3 atom stereocenters. The Morgan fingerprint density at radius 3 is 2.62 bits per heavy atom. The lowest BCUT2D eigenvalue weighted by molar-refractivity contribution is -0.141. The molecule has 6 nitrogen and oxygen atoms in total. The summed E-state index contributed by atoms with van der Waals surface area (Å²) in [5.74, 6) is -0.800. The number of carbonyl (C=O) groups excluding carboxylic acids is 1. The fourth-order valence-corrected chi connectivity index (χ4v) is 4.49. The molecule has 0 bridgehead atoms. The topological polar surface area (TPSA) is 75.4 Å². The Kier molecular flexibility index (Phi) is 4.26. The van der Waals surface area contributed by atoms with Gasteiger partial charge in [-0.3, -0.25) is 4.79 Å². The van der Waals surface area contributed by atoms with Gasteiger partial charge in [0.25, 0.3) is 5.91 Å². The standard InChI is InChI=1S/C20H23N3O3/c1-13-16(12-22(21-13)15-8-3-2-4-9-15)19(24)23-17-10-6-5-7-14(17)11-18(23)20(25)26/h2-4,8-9,12,14,17-18H,5-7,10-11H2,1H3,(H,25,26). The molecular formula is C20H23N3O3. The average molecular weight is 353 g/mol. The largest absolute Gasteiger partial charge is 0.480 e. The summed E-state index contributed by atoms with van der Waals surface area (Å²) >= 11 is 0. The van der Waals surface area contributed by atoms with Crippen LogP contribution in [0.1, 0.15) is 48.2 Å². The molecule has 1 saturated heterocycles. The second-order valence-corrected chi connectivity index (χ2v) is 7.32. The van der Waals surface area contributed by atoms with E-state index in [9.17, 15) is 14.7 Å². The highest BCUT2D eigenvalue weighted by Gasteiger charge is 2.48. The molecule has 1 aromatic heterocycles. The van der Waals surface area contributed by atoms with E-state index < -0.39 is 12.0 Å². The van der Waals surface area contributed by atoms with E-state index in [2.05, 4.69) is 5.10 Å². The van der Waals surface area contributed by atoms with Gasteiger partial charge in [-0.2, -0.15) is 5.10 Å². The van der Waals surface area contributed by atoms with Crippen molar-refractivity contribution in [1.82, 2.24) is 14.7 Å². The predicted octanol–water partition coefficient (Wildman–Crippen LogP) is 3.04. The minimum Gasteiger partial charge on any atom is -0.480 e. The van der Waals surface area contributed by atoms with Crippen molar-refractivity contribution in [2.75, 3.05) is 0 Å². The molecule has 2 aromatic rings. The van der Waals surface area contributed by atoms with Gasteiger partial charge in [0.2, 0.25) is 0 Å². The Hall–Kier alpha value is -2.63. The summed E-state index contributed by atoms with van der Waals surface area (Å²) in [4.78, 5) is 26.7. The molecular weight excluding hydrogens is 330 g/mol. The minimum absolute atomic E-state index is 0.0387. The van der Waals surface area contributed by atoms with Crippen LogP contribution in [0.3, 0.4) is 0 Å². The van der Waals surface area contributed by atoms with Crippen molar-refractivity contribution in [3.63, 3.8) is 0 Å². The summed E-state index contributed by atoms with van der Waals surface area (Å²) < 4.78 is 1.69. The number of benzene rings is 1. The van der Waals surface area contributed by atoms with Crippen molar-refractivity contribution in [1.29, 1.82) is 0 Å². The summed E-state index contributed by atoms with van der Waals surface area (Å²) in [7, 11) is 0. The predicted molar refractivity (Wildman–Crippen MR) is 96.3 cm³/mol. The van der Waals surface area contributed by atoms with E-state index in [1.165, 1.54) is 0 Å². The van der Waals surface area contributed by atoms with E-state index >= 15 is 0 Å². The van der Waals surface area contributed by atoms with Gasteiger partial charge in [0.1, 0.15) is 6.04 Å². The van der Waals surface area contributed by atoms with Crippen LogP contribution in [0.4, 0.5) is 0 Å². The van der Waals surface area contributed by atoms with Crippen LogP contribution in [0.25, 0.3) is 5.69 Å². The van der Waals surface area contributed by atoms with Crippen molar-refractivity contribution >= 4 is 11.9 Å². The Bertz CT molecular complexity index is 830. The number of fused-ring (bicyclic) bond motifs is 1. The summed E-state index contributed by atoms with van der Waals surface area (Å²) in [6.45, 7) is 1.80. The lowest BCUT2D eigenvalue weighted by Gasteiger charge is -2.32. The van der Waals surface area contributed by atoms with E-state index in [1.54, 1.807) is 22.7 Å². The van der Waals surface area contributed by atoms with Crippen molar-refractivity contribution in [2.45, 2.75) is 51.1 Å². The maximum Gasteiger partial charge on any atom is 0.326 e. The first-order chi connectivity index (χ1) is 12.6. The molecule has 2 aliphatic rings. The lowest BCUT2D eigenvalue weighted by atomic mass is 9.84. The first kappa shape index (κ1) is 16.8. The molecule has 1 aliphatic heterocycles. The first-order valence-electron chi connectivity index (χ1n) is 9.23. The molecule has 6 heteroatoms. The molecule has 4 rings (SSSR count). The quantitative estimate of drug-likeness (QED) is 0.920. The number of aromatic nitrogens is 2. The highest BCUT2D eigenvalue weighted by molar-refractivity contribution is 5.98. The third-order valence-electron chi connectivity index (χ3n) is 5.76. The average Bonchev–Trinajstić information content (AvgIpc) is 3.23. The number of amides is 1. The lowest BCUT2D eigenvalue weighted by Crippen LogP contribution is -2.46. The number of nitrogens with zero attached hydrogens (tertiary/aromatic N) is 3. The number of likely N-dealkylation sites (tertiary alicyclic amines) is 1. The van der Waals surface area contributed by atoms with Crippen LogP contribution in [0.2, 0.25) is 0 Å². The number of aryl methyl sites for hydroxylation is 1. The molecule has 1 aliphatic carbocycles. The van der Waals surface area contributed by atoms with Gasteiger partial charge >= 0.3 is 5.97 Å². The summed E-state index contributed by atoms with van der Waals surface area (Å²) in [5, 5.41) is 14.1. The van der Waals surface area contributed by atoms with Crippen LogP contribution < -0.4 is 0 Å². The molecule has 1 N–H and O–H groups in total. The van der Waals surface area contributed by atoms with Crippen LogP contribution in [0.15, 0.2) is 36.5 Å². The van der Waals surface area contributed by atoms with Crippen LogP contribution >= 0.6 is 0 Å². The Morgan fingerprint density at radius 2 is 1.88 bits per heavy atom.